The van der Waals surface area contributed by atoms with E-state index in [4.69, 9.17) is 0 Å². The normalized spacial score (nSPS) is 11.4. The van der Waals surface area contributed by atoms with Gasteiger partial charge in [-0.3, -0.25) is 9.89 Å². The van der Waals surface area contributed by atoms with Crippen LogP contribution in [-0.2, 0) is 21.2 Å². The number of aryl methyl sites for hydroxylation is 1. The molecule has 0 atom stereocenters. The number of H-pyrrole nitrogens is 1. The fourth-order valence-electron chi connectivity index (χ4n) is 2.36. The summed E-state index contributed by atoms with van der Waals surface area (Å²) in [5, 5.41) is 11.7. The lowest BCUT2D eigenvalue weighted by Gasteiger charge is -2.05. The zero-order chi connectivity index (χ0) is 18.6. The van der Waals surface area contributed by atoms with Crippen molar-refractivity contribution in [1.82, 2.24) is 14.9 Å². The van der Waals surface area contributed by atoms with E-state index in [1.165, 1.54) is 19.2 Å². The van der Waals surface area contributed by atoms with Crippen molar-refractivity contribution in [3.05, 3.63) is 53.4 Å². The number of sulfonamides is 1. The third kappa shape index (κ3) is 4.37. The number of rotatable bonds is 7. The standard InChI is InChI=1S/C17H18N4O3S2/c1-18-26(23,24)13-7-4-12(5-8-13)6-9-17(22)19-16-11-14(20-21-16)15-3-2-10-25-15/h2-5,7-8,10-11,18H,6,9H2,1H3,(H2,19,20,21,22). The van der Waals surface area contributed by atoms with Crippen molar-refractivity contribution in [2.75, 3.05) is 12.4 Å². The Morgan fingerprint density at radius 2 is 2.00 bits per heavy atom. The van der Waals surface area contributed by atoms with Crippen LogP contribution in [0.25, 0.3) is 10.6 Å². The first-order chi connectivity index (χ1) is 12.5. The minimum absolute atomic E-state index is 0.152. The average Bonchev–Trinajstić information content (AvgIpc) is 3.32. The number of benzene rings is 1. The molecule has 136 valence electrons. The van der Waals surface area contributed by atoms with Crippen molar-refractivity contribution in [3.63, 3.8) is 0 Å². The van der Waals surface area contributed by atoms with Gasteiger partial charge >= 0.3 is 0 Å². The minimum Gasteiger partial charge on any atom is -0.309 e. The first kappa shape index (κ1) is 18.3. The third-order valence-electron chi connectivity index (χ3n) is 3.78. The molecule has 0 unspecified atom stereocenters. The number of nitrogens with one attached hydrogen (secondary N) is 3. The molecule has 0 fully saturated rings. The Balaban J connectivity index is 1.54. The summed E-state index contributed by atoms with van der Waals surface area (Å²) in [5.74, 6) is 0.329. The molecule has 0 aliphatic rings. The van der Waals surface area contributed by atoms with Gasteiger partial charge in [-0.15, -0.1) is 11.3 Å². The quantitative estimate of drug-likeness (QED) is 0.577. The average molecular weight is 390 g/mol. The lowest BCUT2D eigenvalue weighted by Crippen LogP contribution is -2.18. The molecule has 2 aromatic heterocycles. The molecule has 0 radical (unpaired) electrons. The maximum atomic E-state index is 12.1. The highest BCUT2D eigenvalue weighted by Gasteiger charge is 2.11. The van der Waals surface area contributed by atoms with E-state index in [1.54, 1.807) is 29.5 Å². The second-order valence-electron chi connectivity index (χ2n) is 5.54. The first-order valence-electron chi connectivity index (χ1n) is 7.89. The van der Waals surface area contributed by atoms with Gasteiger partial charge in [0, 0.05) is 12.5 Å². The van der Waals surface area contributed by atoms with Gasteiger partial charge in [0.25, 0.3) is 0 Å². The molecule has 26 heavy (non-hydrogen) atoms. The monoisotopic (exact) mass is 390 g/mol. The summed E-state index contributed by atoms with van der Waals surface area (Å²) in [5.41, 5.74) is 1.74. The molecule has 3 N–H and O–H groups in total. The molecule has 0 saturated heterocycles. The predicted octanol–water partition coefficient (Wildman–Crippen LogP) is 2.62. The lowest BCUT2D eigenvalue weighted by molar-refractivity contribution is -0.116. The van der Waals surface area contributed by atoms with Gasteiger partial charge in [-0.25, -0.2) is 13.1 Å². The highest BCUT2D eigenvalue weighted by Crippen LogP contribution is 2.24. The zero-order valence-electron chi connectivity index (χ0n) is 14.0. The Hall–Kier alpha value is -2.49. The summed E-state index contributed by atoms with van der Waals surface area (Å²) in [7, 11) is -2.08. The Morgan fingerprint density at radius 1 is 1.23 bits per heavy atom. The van der Waals surface area contributed by atoms with E-state index in [0.29, 0.717) is 12.2 Å². The van der Waals surface area contributed by atoms with E-state index < -0.39 is 10.0 Å². The van der Waals surface area contributed by atoms with Gasteiger partial charge < -0.3 is 5.32 Å². The van der Waals surface area contributed by atoms with Crippen LogP contribution < -0.4 is 10.0 Å². The van der Waals surface area contributed by atoms with E-state index in [-0.39, 0.29) is 17.2 Å². The summed E-state index contributed by atoms with van der Waals surface area (Å²) in [6.45, 7) is 0. The van der Waals surface area contributed by atoms with Crippen LogP contribution in [0.4, 0.5) is 5.82 Å². The van der Waals surface area contributed by atoms with Crippen LogP contribution in [0, 0.1) is 0 Å². The lowest BCUT2D eigenvalue weighted by atomic mass is 10.1. The summed E-state index contributed by atoms with van der Waals surface area (Å²) in [6.07, 6.45) is 0.785. The fourth-order valence-corrected chi connectivity index (χ4v) is 3.78. The van der Waals surface area contributed by atoms with Crippen LogP contribution >= 0.6 is 11.3 Å². The Kier molecular flexibility index (Phi) is 5.50. The van der Waals surface area contributed by atoms with Crippen LogP contribution in [0.15, 0.2) is 52.7 Å². The fraction of sp³-hybridized carbons (Fsp3) is 0.176. The van der Waals surface area contributed by atoms with Crippen molar-refractivity contribution in [3.8, 4) is 10.6 Å². The maximum absolute atomic E-state index is 12.1. The van der Waals surface area contributed by atoms with Gasteiger partial charge in [-0.05, 0) is 42.6 Å². The van der Waals surface area contributed by atoms with E-state index in [0.717, 1.165) is 16.1 Å². The van der Waals surface area contributed by atoms with E-state index in [2.05, 4.69) is 20.2 Å². The highest BCUT2D eigenvalue weighted by molar-refractivity contribution is 7.89. The largest absolute Gasteiger partial charge is 0.309 e. The molecule has 0 spiro atoms. The molecule has 7 nitrogen and oxygen atoms in total. The van der Waals surface area contributed by atoms with E-state index >= 15 is 0 Å². The smallest absolute Gasteiger partial charge is 0.240 e. The number of hydrogen-bond donors (Lipinski definition) is 3. The van der Waals surface area contributed by atoms with E-state index in [9.17, 15) is 13.2 Å². The van der Waals surface area contributed by atoms with Gasteiger partial charge in [0.15, 0.2) is 5.82 Å². The van der Waals surface area contributed by atoms with Crippen molar-refractivity contribution in [1.29, 1.82) is 0 Å². The molecule has 2 heterocycles. The minimum atomic E-state index is -3.44. The van der Waals surface area contributed by atoms with Crippen molar-refractivity contribution in [2.45, 2.75) is 17.7 Å². The second kappa shape index (κ2) is 7.81. The number of thiophene rings is 1. The Labute approximate surface area is 155 Å². The van der Waals surface area contributed by atoms with Crippen LogP contribution in [0.5, 0.6) is 0 Å². The second-order valence-corrected chi connectivity index (χ2v) is 8.38. The van der Waals surface area contributed by atoms with Crippen molar-refractivity contribution in [2.24, 2.45) is 0 Å². The predicted molar refractivity (Wildman–Crippen MR) is 102 cm³/mol. The molecule has 0 bridgehead atoms. The molecule has 0 saturated carbocycles. The number of carbonyl (C=O) groups is 1. The SMILES string of the molecule is CNS(=O)(=O)c1ccc(CCC(=O)Nc2cc(-c3cccs3)[nH]n2)cc1. The molecule has 0 aliphatic carbocycles. The molecular formula is C17H18N4O3S2. The van der Waals surface area contributed by atoms with Gasteiger partial charge in [0.1, 0.15) is 0 Å². The van der Waals surface area contributed by atoms with Crippen LogP contribution in [0.1, 0.15) is 12.0 Å². The molecule has 3 aromatic rings. The molecule has 1 aromatic carbocycles. The summed E-state index contributed by atoms with van der Waals surface area (Å²) in [4.78, 5) is 13.3. The summed E-state index contributed by atoms with van der Waals surface area (Å²) in [6, 6.07) is 12.2. The van der Waals surface area contributed by atoms with Crippen LogP contribution in [0.2, 0.25) is 0 Å². The number of nitrogens with zero attached hydrogens (tertiary/aromatic N) is 1. The van der Waals surface area contributed by atoms with Gasteiger partial charge in [-0.2, -0.15) is 5.10 Å². The van der Waals surface area contributed by atoms with Gasteiger partial charge in [0.2, 0.25) is 15.9 Å². The molecule has 1 amide bonds. The third-order valence-corrected chi connectivity index (χ3v) is 6.11. The van der Waals surface area contributed by atoms with Crippen LogP contribution in [-0.4, -0.2) is 31.6 Å². The number of aromatic nitrogens is 2. The van der Waals surface area contributed by atoms with Crippen molar-refractivity contribution < 1.29 is 13.2 Å². The molecule has 3 rings (SSSR count). The molecular weight excluding hydrogens is 372 g/mol. The van der Waals surface area contributed by atoms with E-state index in [1.807, 2.05) is 17.5 Å². The van der Waals surface area contributed by atoms with Gasteiger partial charge in [-0.1, -0.05) is 18.2 Å². The number of aromatic amines is 1. The molecule has 9 heteroatoms. The van der Waals surface area contributed by atoms with Crippen LogP contribution in [0.3, 0.4) is 0 Å². The highest BCUT2D eigenvalue weighted by atomic mass is 32.2. The topological polar surface area (TPSA) is 104 Å². The zero-order valence-corrected chi connectivity index (χ0v) is 15.7. The molecule has 0 aliphatic heterocycles. The summed E-state index contributed by atoms with van der Waals surface area (Å²) < 4.78 is 25.6. The first-order valence-corrected chi connectivity index (χ1v) is 10.3. The van der Waals surface area contributed by atoms with Gasteiger partial charge in [0.05, 0.1) is 15.5 Å². The number of carbonyl (C=O) groups excluding carboxylic acids is 1. The number of hydrogen-bond acceptors (Lipinski definition) is 5. The Morgan fingerprint density at radius 3 is 2.65 bits per heavy atom. The maximum Gasteiger partial charge on any atom is 0.240 e. The Bertz CT molecular complexity index is 977. The number of anilines is 1. The van der Waals surface area contributed by atoms with Crippen molar-refractivity contribution >= 4 is 33.1 Å². The summed E-state index contributed by atoms with van der Waals surface area (Å²) >= 11 is 1.59. The number of amides is 1.